The first kappa shape index (κ1) is 18.2. The van der Waals surface area contributed by atoms with Crippen molar-refractivity contribution >= 4 is 11.9 Å². The van der Waals surface area contributed by atoms with Crippen LogP contribution in [-0.2, 0) is 9.59 Å². The highest BCUT2D eigenvalue weighted by molar-refractivity contribution is 5.67. The molecule has 0 amide bonds. The lowest BCUT2D eigenvalue weighted by atomic mass is 10.2. The van der Waals surface area contributed by atoms with E-state index in [1.54, 1.807) is 0 Å². The van der Waals surface area contributed by atoms with E-state index in [-0.39, 0.29) is 19.0 Å². The molecule has 0 aromatic heterocycles. The van der Waals surface area contributed by atoms with Gasteiger partial charge in [0, 0.05) is 12.8 Å². The Balaban J connectivity index is 0. The van der Waals surface area contributed by atoms with Gasteiger partial charge in [-0.3, -0.25) is 9.59 Å². The van der Waals surface area contributed by atoms with Gasteiger partial charge in [-0.25, -0.2) is 0 Å². The number of carboxylic acids is 2. The van der Waals surface area contributed by atoms with Gasteiger partial charge in [0.25, 0.3) is 0 Å². The zero-order valence-electron chi connectivity index (χ0n) is 10.3. The van der Waals surface area contributed by atoms with E-state index in [0.717, 1.165) is 0 Å². The number of carboxylic acid groups (broad SMARTS) is 2. The minimum absolute atomic E-state index is 0. The van der Waals surface area contributed by atoms with Crippen LogP contribution in [0.15, 0.2) is 0 Å². The average molecular weight is 248 g/mol. The fourth-order valence-electron chi connectivity index (χ4n) is 1.35. The van der Waals surface area contributed by atoms with Crippen molar-refractivity contribution in [2.24, 2.45) is 0 Å². The summed E-state index contributed by atoms with van der Waals surface area (Å²) >= 11 is 0. The standard InChI is InChI=1S/C6H10O4.C5H11N.H3N/c7-5(8)3-1-2-4-6(9)10;1-2-4-6-5-3-1;/h1-4H2,(H,7,8)(H,9,10);6H,1-5H2;1H3. The molecule has 0 aromatic rings. The van der Waals surface area contributed by atoms with Gasteiger partial charge in [0.15, 0.2) is 0 Å². The maximum Gasteiger partial charge on any atom is 0.303 e. The molecular weight excluding hydrogens is 224 g/mol. The average Bonchev–Trinajstić information content (AvgIpc) is 2.27. The fraction of sp³-hybridized carbons (Fsp3) is 0.818. The third-order valence-corrected chi connectivity index (χ3v) is 2.24. The zero-order chi connectivity index (χ0) is 12.2. The van der Waals surface area contributed by atoms with Crippen LogP contribution >= 0.6 is 0 Å². The summed E-state index contributed by atoms with van der Waals surface area (Å²) in [5.41, 5.74) is 0. The minimum Gasteiger partial charge on any atom is -0.481 e. The SMILES string of the molecule is C1CCNCC1.N.O=C(O)CCCCC(=O)O. The number of hydrogen-bond acceptors (Lipinski definition) is 4. The summed E-state index contributed by atoms with van der Waals surface area (Å²) < 4.78 is 0. The van der Waals surface area contributed by atoms with Crippen molar-refractivity contribution in [2.75, 3.05) is 13.1 Å². The van der Waals surface area contributed by atoms with E-state index in [1.807, 2.05) is 0 Å². The van der Waals surface area contributed by atoms with Gasteiger partial charge >= 0.3 is 11.9 Å². The third-order valence-electron chi connectivity index (χ3n) is 2.24. The van der Waals surface area contributed by atoms with E-state index >= 15 is 0 Å². The lowest BCUT2D eigenvalue weighted by molar-refractivity contribution is -0.139. The zero-order valence-corrected chi connectivity index (χ0v) is 10.3. The molecule has 17 heavy (non-hydrogen) atoms. The van der Waals surface area contributed by atoms with Crippen LogP contribution in [0, 0.1) is 0 Å². The van der Waals surface area contributed by atoms with Gasteiger partial charge in [-0.1, -0.05) is 6.42 Å². The van der Waals surface area contributed by atoms with Crippen molar-refractivity contribution in [3.63, 3.8) is 0 Å². The molecule has 0 atom stereocenters. The molecule has 1 heterocycles. The number of piperidine rings is 1. The quantitative estimate of drug-likeness (QED) is 0.549. The van der Waals surface area contributed by atoms with Crippen LogP contribution in [0.1, 0.15) is 44.9 Å². The molecule has 0 radical (unpaired) electrons. The maximum atomic E-state index is 9.90. The molecule has 0 saturated carbocycles. The molecule has 1 saturated heterocycles. The molecule has 0 bridgehead atoms. The highest BCUT2D eigenvalue weighted by Gasteiger charge is 1.99. The molecule has 6 nitrogen and oxygen atoms in total. The molecule has 0 aliphatic carbocycles. The van der Waals surface area contributed by atoms with Crippen molar-refractivity contribution < 1.29 is 19.8 Å². The topological polar surface area (TPSA) is 122 Å². The fourth-order valence-corrected chi connectivity index (χ4v) is 1.35. The van der Waals surface area contributed by atoms with E-state index in [2.05, 4.69) is 5.32 Å². The normalized spacial score (nSPS) is 13.9. The number of rotatable bonds is 5. The second kappa shape index (κ2) is 12.9. The molecule has 0 spiro atoms. The summed E-state index contributed by atoms with van der Waals surface area (Å²) in [5, 5.41) is 19.5. The summed E-state index contributed by atoms with van der Waals surface area (Å²) in [5.74, 6) is -1.74. The number of unbranched alkanes of at least 4 members (excludes halogenated alkanes) is 1. The summed E-state index contributed by atoms with van der Waals surface area (Å²) in [6.45, 7) is 2.50. The van der Waals surface area contributed by atoms with Crippen molar-refractivity contribution in [1.29, 1.82) is 0 Å². The highest BCUT2D eigenvalue weighted by atomic mass is 16.4. The molecule has 1 rings (SSSR count). The maximum absolute atomic E-state index is 9.90. The molecule has 1 fully saturated rings. The largest absolute Gasteiger partial charge is 0.481 e. The smallest absolute Gasteiger partial charge is 0.303 e. The Bertz CT molecular complexity index is 178. The Morgan fingerprint density at radius 1 is 0.882 bits per heavy atom. The van der Waals surface area contributed by atoms with Crippen LogP contribution in [0.25, 0.3) is 0 Å². The van der Waals surface area contributed by atoms with Crippen molar-refractivity contribution in [1.82, 2.24) is 11.5 Å². The molecular formula is C11H24N2O4. The predicted molar refractivity (Wildman–Crippen MR) is 65.5 cm³/mol. The predicted octanol–water partition coefficient (Wildman–Crippen LogP) is 1.64. The Kier molecular flexibility index (Phi) is 13.9. The monoisotopic (exact) mass is 248 g/mol. The van der Waals surface area contributed by atoms with Gasteiger partial charge < -0.3 is 21.7 Å². The Morgan fingerprint density at radius 3 is 1.47 bits per heavy atom. The van der Waals surface area contributed by atoms with Gasteiger partial charge in [-0.15, -0.1) is 0 Å². The second-order valence-corrected chi connectivity index (χ2v) is 3.81. The van der Waals surface area contributed by atoms with E-state index in [0.29, 0.717) is 12.8 Å². The van der Waals surface area contributed by atoms with Gasteiger partial charge in [-0.2, -0.15) is 0 Å². The first-order chi connectivity index (χ1) is 7.63. The van der Waals surface area contributed by atoms with E-state index in [4.69, 9.17) is 10.2 Å². The molecule has 0 aromatic carbocycles. The first-order valence-corrected chi connectivity index (χ1v) is 5.77. The Morgan fingerprint density at radius 2 is 1.29 bits per heavy atom. The van der Waals surface area contributed by atoms with E-state index in [1.165, 1.54) is 32.4 Å². The van der Waals surface area contributed by atoms with Crippen LogP contribution < -0.4 is 11.5 Å². The Labute approximate surface area is 102 Å². The minimum atomic E-state index is -0.870. The molecule has 6 heteroatoms. The number of carbonyl (C=O) groups is 2. The van der Waals surface area contributed by atoms with Gasteiger partial charge in [0.2, 0.25) is 0 Å². The molecule has 0 unspecified atom stereocenters. The van der Waals surface area contributed by atoms with Crippen LogP contribution in [0.5, 0.6) is 0 Å². The number of aliphatic carboxylic acids is 2. The lowest BCUT2D eigenvalue weighted by Gasteiger charge is -2.08. The van der Waals surface area contributed by atoms with Crippen LogP contribution in [0.2, 0.25) is 0 Å². The molecule has 6 N–H and O–H groups in total. The summed E-state index contributed by atoms with van der Waals surface area (Å²) in [4.78, 5) is 19.8. The van der Waals surface area contributed by atoms with Crippen LogP contribution in [-0.4, -0.2) is 35.2 Å². The highest BCUT2D eigenvalue weighted by Crippen LogP contribution is 1.98. The van der Waals surface area contributed by atoms with Gasteiger partial charge in [0.05, 0.1) is 0 Å². The summed E-state index contributed by atoms with van der Waals surface area (Å²) in [6, 6.07) is 0. The van der Waals surface area contributed by atoms with Crippen molar-refractivity contribution in [3.05, 3.63) is 0 Å². The van der Waals surface area contributed by atoms with Gasteiger partial charge in [0.1, 0.15) is 0 Å². The van der Waals surface area contributed by atoms with Crippen molar-refractivity contribution in [2.45, 2.75) is 44.9 Å². The molecule has 102 valence electrons. The van der Waals surface area contributed by atoms with E-state index in [9.17, 15) is 9.59 Å². The molecule has 1 aliphatic rings. The number of nitrogens with one attached hydrogen (secondary N) is 1. The summed E-state index contributed by atoms with van der Waals surface area (Å²) in [7, 11) is 0. The molecule has 1 aliphatic heterocycles. The van der Waals surface area contributed by atoms with Crippen LogP contribution in [0.3, 0.4) is 0 Å². The Hall–Kier alpha value is -1.14. The summed E-state index contributed by atoms with van der Waals surface area (Å²) in [6.07, 6.45) is 5.23. The first-order valence-electron chi connectivity index (χ1n) is 5.77. The van der Waals surface area contributed by atoms with Gasteiger partial charge in [-0.05, 0) is 38.8 Å². The lowest BCUT2D eigenvalue weighted by Crippen LogP contribution is -2.21. The second-order valence-electron chi connectivity index (χ2n) is 3.81. The van der Waals surface area contributed by atoms with Crippen molar-refractivity contribution in [3.8, 4) is 0 Å². The van der Waals surface area contributed by atoms with E-state index < -0.39 is 11.9 Å². The van der Waals surface area contributed by atoms with Crippen LogP contribution in [0.4, 0.5) is 0 Å². The third kappa shape index (κ3) is 17.5. The number of hydrogen-bond donors (Lipinski definition) is 4.